The van der Waals surface area contributed by atoms with E-state index in [4.69, 9.17) is 11.0 Å². The molecule has 3 aromatic carbocycles. The number of fused-ring (bicyclic) bond motifs is 1. The molecular weight excluding hydrogens is 374 g/mol. The zero-order chi connectivity index (χ0) is 20.9. The number of carbonyl (C=O) groups excluding carboxylic acids is 1. The maximum atomic E-state index is 13.0. The Morgan fingerprint density at radius 2 is 1.87 bits per heavy atom. The second-order valence-corrected chi connectivity index (χ2v) is 7.05. The Balaban J connectivity index is 1.63. The summed E-state index contributed by atoms with van der Waals surface area (Å²) in [6, 6.07) is 24.7. The second kappa shape index (κ2) is 8.60. The van der Waals surface area contributed by atoms with Gasteiger partial charge in [-0.15, -0.1) is 0 Å². The quantitative estimate of drug-likeness (QED) is 0.455. The average Bonchev–Trinajstić information content (AvgIpc) is 3.21. The van der Waals surface area contributed by atoms with Gasteiger partial charge in [0.05, 0.1) is 28.8 Å². The first-order chi connectivity index (χ1) is 14.7. The second-order valence-electron chi connectivity index (χ2n) is 7.05. The van der Waals surface area contributed by atoms with Gasteiger partial charge in [0, 0.05) is 16.6 Å². The third-order valence-corrected chi connectivity index (χ3v) is 5.09. The Labute approximate surface area is 174 Å². The minimum atomic E-state index is -0.311. The first-order valence-corrected chi connectivity index (χ1v) is 9.74. The van der Waals surface area contributed by atoms with Gasteiger partial charge in [0.25, 0.3) is 0 Å². The van der Waals surface area contributed by atoms with E-state index < -0.39 is 0 Å². The molecule has 4 aromatic rings. The van der Waals surface area contributed by atoms with Crippen molar-refractivity contribution in [1.82, 2.24) is 10.2 Å². The maximum Gasteiger partial charge on any atom is 0.231 e. The molecule has 148 valence electrons. The maximum absolute atomic E-state index is 13.0. The van der Waals surface area contributed by atoms with Gasteiger partial charge in [-0.05, 0) is 48.9 Å². The zero-order valence-corrected chi connectivity index (χ0v) is 16.3. The molecule has 1 amide bonds. The fourth-order valence-electron chi connectivity index (χ4n) is 3.54. The number of nitrogens with two attached hydrogens (primary N) is 1. The summed E-state index contributed by atoms with van der Waals surface area (Å²) in [7, 11) is 0. The molecule has 0 saturated carbocycles. The van der Waals surface area contributed by atoms with Crippen molar-refractivity contribution >= 4 is 22.5 Å². The van der Waals surface area contributed by atoms with Crippen LogP contribution in [0.3, 0.4) is 0 Å². The molecular formula is C24H21N5O. The number of nitrogens with one attached hydrogen (secondary N) is 2. The molecule has 0 aliphatic heterocycles. The number of benzene rings is 3. The highest BCUT2D eigenvalue weighted by Crippen LogP contribution is 2.29. The highest BCUT2D eigenvalue weighted by molar-refractivity contribution is 6.00. The lowest BCUT2D eigenvalue weighted by Crippen LogP contribution is -2.23. The number of hydrogen-bond acceptors (Lipinski definition) is 4. The fourth-order valence-corrected chi connectivity index (χ4v) is 3.54. The summed E-state index contributed by atoms with van der Waals surface area (Å²) in [6.07, 6.45) is 0.570. The van der Waals surface area contributed by atoms with Gasteiger partial charge in [0.15, 0.2) is 0 Å². The Morgan fingerprint density at radius 1 is 1.10 bits per heavy atom. The summed E-state index contributed by atoms with van der Waals surface area (Å²) >= 11 is 0. The van der Waals surface area contributed by atoms with Gasteiger partial charge >= 0.3 is 0 Å². The summed E-state index contributed by atoms with van der Waals surface area (Å²) in [4.78, 5) is 13.0. The highest BCUT2D eigenvalue weighted by atomic mass is 16.1. The normalized spacial score (nSPS) is 11.7. The fraction of sp³-hybridized carbons (Fsp3) is 0.125. The number of nitrogens with zero attached hydrogens (tertiary/aromatic N) is 2. The van der Waals surface area contributed by atoms with Crippen LogP contribution in [0.5, 0.6) is 0 Å². The SMILES string of the molecule is N#Cc1ccc(-c2n[nH]c3ccc(NC(=O)C(CCN)c4ccccc4)cc23)cc1. The number of anilines is 1. The lowest BCUT2D eigenvalue weighted by atomic mass is 9.94. The third kappa shape index (κ3) is 3.93. The van der Waals surface area contributed by atoms with E-state index in [9.17, 15) is 4.79 Å². The van der Waals surface area contributed by atoms with Crippen molar-refractivity contribution in [1.29, 1.82) is 5.26 Å². The molecule has 0 saturated heterocycles. The number of nitriles is 1. The van der Waals surface area contributed by atoms with E-state index >= 15 is 0 Å². The van der Waals surface area contributed by atoms with Gasteiger partial charge in [-0.2, -0.15) is 10.4 Å². The van der Waals surface area contributed by atoms with Crippen LogP contribution in [-0.2, 0) is 4.79 Å². The van der Waals surface area contributed by atoms with Crippen molar-refractivity contribution in [2.24, 2.45) is 5.73 Å². The highest BCUT2D eigenvalue weighted by Gasteiger charge is 2.20. The minimum absolute atomic E-state index is 0.0885. The predicted octanol–water partition coefficient (Wildman–Crippen LogP) is 4.17. The van der Waals surface area contributed by atoms with Crippen LogP contribution in [-0.4, -0.2) is 22.6 Å². The van der Waals surface area contributed by atoms with Gasteiger partial charge in [0.2, 0.25) is 5.91 Å². The summed E-state index contributed by atoms with van der Waals surface area (Å²) in [5.74, 6) is -0.399. The lowest BCUT2D eigenvalue weighted by Gasteiger charge is -2.16. The smallest absolute Gasteiger partial charge is 0.231 e. The monoisotopic (exact) mass is 395 g/mol. The number of hydrogen-bond donors (Lipinski definition) is 3. The molecule has 6 nitrogen and oxygen atoms in total. The van der Waals surface area contributed by atoms with Crippen molar-refractivity contribution in [3.05, 3.63) is 83.9 Å². The first kappa shape index (κ1) is 19.4. The predicted molar refractivity (Wildman–Crippen MR) is 118 cm³/mol. The molecule has 4 N–H and O–H groups in total. The van der Waals surface area contributed by atoms with Crippen LogP contribution in [0.25, 0.3) is 22.2 Å². The molecule has 4 rings (SSSR count). The molecule has 6 heteroatoms. The number of carbonyl (C=O) groups is 1. The van der Waals surface area contributed by atoms with Crippen LogP contribution < -0.4 is 11.1 Å². The van der Waals surface area contributed by atoms with Crippen LogP contribution >= 0.6 is 0 Å². The van der Waals surface area contributed by atoms with E-state index in [-0.39, 0.29) is 11.8 Å². The van der Waals surface area contributed by atoms with Crippen LogP contribution in [0.15, 0.2) is 72.8 Å². The molecule has 0 spiro atoms. The van der Waals surface area contributed by atoms with Crippen molar-refractivity contribution in [2.45, 2.75) is 12.3 Å². The molecule has 0 radical (unpaired) electrons. The minimum Gasteiger partial charge on any atom is -0.330 e. The van der Waals surface area contributed by atoms with Crippen molar-refractivity contribution in [2.75, 3.05) is 11.9 Å². The van der Waals surface area contributed by atoms with Crippen molar-refractivity contribution in [3.8, 4) is 17.3 Å². The number of aromatic amines is 1. The van der Waals surface area contributed by atoms with Crippen LogP contribution in [0.4, 0.5) is 5.69 Å². The summed E-state index contributed by atoms with van der Waals surface area (Å²) in [5, 5.41) is 20.4. The van der Waals surface area contributed by atoms with E-state index in [1.54, 1.807) is 12.1 Å². The van der Waals surface area contributed by atoms with Gasteiger partial charge in [-0.3, -0.25) is 9.89 Å². The van der Waals surface area contributed by atoms with Crippen molar-refractivity contribution < 1.29 is 4.79 Å². The zero-order valence-electron chi connectivity index (χ0n) is 16.3. The summed E-state index contributed by atoms with van der Waals surface area (Å²) in [6.45, 7) is 0.427. The molecule has 0 fully saturated rings. The van der Waals surface area contributed by atoms with Crippen molar-refractivity contribution in [3.63, 3.8) is 0 Å². The molecule has 0 aliphatic rings. The average molecular weight is 395 g/mol. The molecule has 1 heterocycles. The topological polar surface area (TPSA) is 108 Å². The first-order valence-electron chi connectivity index (χ1n) is 9.74. The molecule has 30 heavy (non-hydrogen) atoms. The number of rotatable bonds is 6. The number of amides is 1. The Morgan fingerprint density at radius 3 is 2.57 bits per heavy atom. The van der Waals surface area contributed by atoms with Gasteiger partial charge in [-0.1, -0.05) is 42.5 Å². The van der Waals surface area contributed by atoms with E-state index in [1.807, 2.05) is 60.7 Å². The van der Waals surface area contributed by atoms with Gasteiger partial charge in [-0.25, -0.2) is 0 Å². The Bertz CT molecular complexity index is 1210. The molecule has 0 bridgehead atoms. The Kier molecular flexibility index (Phi) is 5.55. The molecule has 0 aliphatic carbocycles. The van der Waals surface area contributed by atoms with E-state index in [1.165, 1.54) is 0 Å². The van der Waals surface area contributed by atoms with Crippen LogP contribution in [0, 0.1) is 11.3 Å². The largest absolute Gasteiger partial charge is 0.330 e. The van der Waals surface area contributed by atoms with E-state index in [0.717, 1.165) is 27.7 Å². The van der Waals surface area contributed by atoms with Crippen LogP contribution in [0.1, 0.15) is 23.5 Å². The summed E-state index contributed by atoms with van der Waals surface area (Å²) < 4.78 is 0. The molecule has 1 aromatic heterocycles. The van der Waals surface area contributed by atoms with E-state index in [2.05, 4.69) is 21.6 Å². The van der Waals surface area contributed by atoms with E-state index in [0.29, 0.717) is 24.2 Å². The lowest BCUT2D eigenvalue weighted by molar-refractivity contribution is -0.117. The number of aromatic nitrogens is 2. The molecule has 1 atom stereocenters. The third-order valence-electron chi connectivity index (χ3n) is 5.09. The number of H-pyrrole nitrogens is 1. The molecule has 1 unspecified atom stereocenters. The standard InChI is InChI=1S/C24H21N5O/c25-13-12-20(17-4-2-1-3-5-17)24(30)27-19-10-11-22-21(14-19)23(29-28-22)18-8-6-16(15-26)7-9-18/h1-11,14,20H,12-13,25H2,(H,27,30)(H,28,29). The summed E-state index contributed by atoms with van der Waals surface area (Å²) in [5.41, 5.74) is 10.5. The van der Waals surface area contributed by atoms with Gasteiger partial charge in [0.1, 0.15) is 0 Å². The van der Waals surface area contributed by atoms with Gasteiger partial charge < -0.3 is 11.1 Å². The Hall–Kier alpha value is -3.95. The van der Waals surface area contributed by atoms with Crippen LogP contribution in [0.2, 0.25) is 0 Å².